The van der Waals surface area contributed by atoms with E-state index in [1.54, 1.807) is 13.1 Å². The predicted molar refractivity (Wildman–Crippen MR) is 171 cm³/mol. The first-order valence-electron chi connectivity index (χ1n) is 15.2. The number of likely N-dealkylation sites (N-methyl/N-ethyl adjacent to an activating group) is 1. The molecule has 0 fully saturated rings. The molecule has 0 saturated heterocycles. The molecule has 2 aliphatic rings. The number of hydrogen-bond donors (Lipinski definition) is 1. The minimum atomic E-state index is -0.539. The summed E-state index contributed by atoms with van der Waals surface area (Å²) in [5.74, 6) is 1.58. The van der Waals surface area contributed by atoms with E-state index in [1.807, 2.05) is 68.1 Å². The normalized spacial score (nSPS) is 16.0. The molecule has 8 heteroatoms. The van der Waals surface area contributed by atoms with E-state index in [-0.39, 0.29) is 18.0 Å². The summed E-state index contributed by atoms with van der Waals surface area (Å²) in [4.78, 5) is 33.0. The molecule has 4 aromatic rings. The van der Waals surface area contributed by atoms with Crippen molar-refractivity contribution in [3.63, 3.8) is 0 Å². The molecule has 2 amide bonds. The number of aromatic nitrogens is 1. The van der Waals surface area contributed by atoms with Gasteiger partial charge >= 0.3 is 6.09 Å². The Morgan fingerprint density at radius 1 is 1.07 bits per heavy atom. The number of amides is 2. The van der Waals surface area contributed by atoms with E-state index in [0.29, 0.717) is 32.1 Å². The third-order valence-electron chi connectivity index (χ3n) is 8.05. The molecular weight excluding hydrogens is 554 g/mol. The van der Waals surface area contributed by atoms with Crippen LogP contribution in [0.15, 0.2) is 72.8 Å². The van der Waals surface area contributed by atoms with Crippen LogP contribution in [0.4, 0.5) is 4.79 Å². The van der Waals surface area contributed by atoms with Crippen molar-refractivity contribution in [2.45, 2.75) is 45.3 Å². The Bertz CT molecular complexity index is 1700. The van der Waals surface area contributed by atoms with Gasteiger partial charge in [-0.3, -0.25) is 4.79 Å². The van der Waals surface area contributed by atoms with Crippen LogP contribution in [0.5, 0.6) is 11.5 Å². The number of nitrogens with zero attached hydrogens (tertiary/aromatic N) is 2. The summed E-state index contributed by atoms with van der Waals surface area (Å²) in [6.45, 7) is 7.58. The number of carbonyl (C=O) groups is 2. The van der Waals surface area contributed by atoms with Gasteiger partial charge in [-0.2, -0.15) is 0 Å². The van der Waals surface area contributed by atoms with Crippen LogP contribution in [0.3, 0.4) is 0 Å². The van der Waals surface area contributed by atoms with E-state index in [2.05, 4.69) is 35.3 Å². The number of aromatic amines is 1. The molecule has 1 atom stereocenters. The van der Waals surface area contributed by atoms with Crippen molar-refractivity contribution in [1.82, 2.24) is 14.8 Å². The van der Waals surface area contributed by atoms with E-state index in [9.17, 15) is 9.59 Å². The van der Waals surface area contributed by atoms with Gasteiger partial charge in [0.1, 0.15) is 23.7 Å². The number of carbonyl (C=O) groups excluding carboxylic acids is 2. The third-order valence-corrected chi connectivity index (χ3v) is 8.05. The van der Waals surface area contributed by atoms with Gasteiger partial charge in [0, 0.05) is 42.7 Å². The molecule has 228 valence electrons. The molecule has 0 saturated carbocycles. The Kier molecular flexibility index (Phi) is 8.08. The summed E-state index contributed by atoms with van der Waals surface area (Å²) in [7, 11) is 1.69. The van der Waals surface area contributed by atoms with Crippen LogP contribution in [0.1, 0.15) is 54.8 Å². The fourth-order valence-electron chi connectivity index (χ4n) is 5.87. The van der Waals surface area contributed by atoms with Crippen molar-refractivity contribution in [3.8, 4) is 11.5 Å². The maximum Gasteiger partial charge on any atom is 0.410 e. The summed E-state index contributed by atoms with van der Waals surface area (Å²) >= 11 is 0. The SMILES string of the molecule is CN(CCOc1ccc(/C=C/C(=O)N2CCc3c([nH]c4ccccc34)[C@H]2c2ccc3c(c2)CCO3)cc1)C(=O)OC(C)(C)C. The highest BCUT2D eigenvalue weighted by atomic mass is 16.6. The molecule has 0 spiro atoms. The molecule has 3 heterocycles. The summed E-state index contributed by atoms with van der Waals surface area (Å²) < 4.78 is 17.0. The van der Waals surface area contributed by atoms with Crippen LogP contribution in [0.25, 0.3) is 17.0 Å². The molecule has 1 aromatic heterocycles. The second-order valence-corrected chi connectivity index (χ2v) is 12.4. The van der Waals surface area contributed by atoms with Crippen molar-refractivity contribution in [1.29, 1.82) is 0 Å². The molecule has 0 aliphatic carbocycles. The van der Waals surface area contributed by atoms with Gasteiger partial charge in [0.25, 0.3) is 0 Å². The molecule has 6 rings (SSSR count). The van der Waals surface area contributed by atoms with E-state index >= 15 is 0 Å². The number of hydrogen-bond acceptors (Lipinski definition) is 5. The van der Waals surface area contributed by atoms with Gasteiger partial charge in [-0.25, -0.2) is 4.79 Å². The predicted octanol–water partition coefficient (Wildman–Crippen LogP) is 6.54. The highest BCUT2D eigenvalue weighted by Crippen LogP contribution is 2.40. The lowest BCUT2D eigenvalue weighted by Crippen LogP contribution is -2.39. The van der Waals surface area contributed by atoms with E-state index < -0.39 is 5.60 Å². The average Bonchev–Trinajstić information content (AvgIpc) is 3.63. The summed E-state index contributed by atoms with van der Waals surface area (Å²) in [6.07, 6.45) is 4.79. The lowest BCUT2D eigenvalue weighted by Gasteiger charge is -2.36. The van der Waals surface area contributed by atoms with Gasteiger partial charge in [0.2, 0.25) is 5.91 Å². The highest BCUT2D eigenvalue weighted by Gasteiger charge is 2.34. The first-order valence-corrected chi connectivity index (χ1v) is 15.2. The van der Waals surface area contributed by atoms with Crippen molar-refractivity contribution in [3.05, 3.63) is 101 Å². The Morgan fingerprint density at radius 3 is 2.66 bits per heavy atom. The van der Waals surface area contributed by atoms with Gasteiger partial charge in [-0.1, -0.05) is 36.4 Å². The maximum atomic E-state index is 13.8. The van der Waals surface area contributed by atoms with Crippen molar-refractivity contribution < 1.29 is 23.8 Å². The van der Waals surface area contributed by atoms with Crippen LogP contribution in [-0.2, 0) is 22.4 Å². The molecule has 44 heavy (non-hydrogen) atoms. The summed E-state index contributed by atoms with van der Waals surface area (Å²) in [6, 6.07) is 22.0. The Balaban J connectivity index is 1.15. The molecule has 2 aliphatic heterocycles. The van der Waals surface area contributed by atoms with E-state index in [4.69, 9.17) is 14.2 Å². The number of para-hydroxylation sites is 1. The molecule has 3 aromatic carbocycles. The van der Waals surface area contributed by atoms with Crippen molar-refractivity contribution in [2.75, 3.05) is 33.4 Å². The van der Waals surface area contributed by atoms with Crippen LogP contribution in [-0.4, -0.2) is 65.7 Å². The summed E-state index contributed by atoms with van der Waals surface area (Å²) in [5.41, 5.74) is 6.08. The highest BCUT2D eigenvalue weighted by molar-refractivity contribution is 5.93. The molecule has 1 N–H and O–H groups in total. The maximum absolute atomic E-state index is 13.8. The number of benzene rings is 3. The second-order valence-electron chi connectivity index (χ2n) is 12.4. The zero-order valence-corrected chi connectivity index (χ0v) is 25.8. The molecule has 0 unspecified atom stereocenters. The lowest BCUT2D eigenvalue weighted by molar-refractivity contribution is -0.128. The Labute approximate surface area is 258 Å². The lowest BCUT2D eigenvalue weighted by atomic mass is 9.91. The number of rotatable bonds is 7. The Morgan fingerprint density at radius 2 is 1.86 bits per heavy atom. The monoisotopic (exact) mass is 593 g/mol. The molecule has 0 bridgehead atoms. The van der Waals surface area contributed by atoms with E-state index in [1.165, 1.54) is 21.4 Å². The van der Waals surface area contributed by atoms with Gasteiger partial charge < -0.3 is 29.0 Å². The molecular formula is C36H39N3O5. The van der Waals surface area contributed by atoms with Gasteiger partial charge in [0.15, 0.2) is 0 Å². The number of fused-ring (bicyclic) bond motifs is 4. The fourth-order valence-corrected chi connectivity index (χ4v) is 5.87. The topological polar surface area (TPSA) is 84.1 Å². The molecule has 8 nitrogen and oxygen atoms in total. The van der Waals surface area contributed by atoms with Gasteiger partial charge in [-0.05, 0) is 85.9 Å². The fraction of sp³-hybridized carbons (Fsp3) is 0.333. The van der Waals surface area contributed by atoms with Crippen molar-refractivity contribution in [2.24, 2.45) is 0 Å². The quantitative estimate of drug-likeness (QED) is 0.246. The first kappa shape index (κ1) is 29.4. The summed E-state index contributed by atoms with van der Waals surface area (Å²) in [5, 5.41) is 1.22. The Hall–Kier alpha value is -4.72. The number of ether oxygens (including phenoxy) is 3. The largest absolute Gasteiger partial charge is 0.493 e. The smallest absolute Gasteiger partial charge is 0.410 e. The number of H-pyrrole nitrogens is 1. The van der Waals surface area contributed by atoms with Gasteiger partial charge in [0.05, 0.1) is 19.2 Å². The van der Waals surface area contributed by atoms with Crippen LogP contribution in [0, 0.1) is 0 Å². The van der Waals surface area contributed by atoms with Crippen molar-refractivity contribution >= 4 is 29.0 Å². The zero-order valence-electron chi connectivity index (χ0n) is 25.8. The minimum Gasteiger partial charge on any atom is -0.493 e. The van der Waals surface area contributed by atoms with Gasteiger partial charge in [-0.15, -0.1) is 0 Å². The minimum absolute atomic E-state index is 0.0402. The van der Waals surface area contributed by atoms with Crippen LogP contribution in [0.2, 0.25) is 0 Å². The standard InChI is InChI=1S/C36H39N3O5/c1-36(2,3)44-35(41)38(4)20-22-42-27-13-9-24(10-14-27)11-16-32(40)39-19-17-29-28-7-5-6-8-30(28)37-33(29)34(39)26-12-15-31-25(23-26)18-21-43-31/h5-16,23,34,37H,17-22H2,1-4H3/b16-11+/t34-/m1/s1. The third kappa shape index (κ3) is 6.30. The molecule has 0 radical (unpaired) electrons. The zero-order chi connectivity index (χ0) is 30.8. The number of nitrogens with one attached hydrogen (secondary N) is 1. The average molecular weight is 594 g/mol. The van der Waals surface area contributed by atoms with E-state index in [0.717, 1.165) is 40.9 Å². The first-order chi connectivity index (χ1) is 21.2. The van der Waals surface area contributed by atoms with Crippen LogP contribution < -0.4 is 9.47 Å². The second kappa shape index (κ2) is 12.1. The van der Waals surface area contributed by atoms with Crippen LogP contribution >= 0.6 is 0 Å².